The predicted molar refractivity (Wildman–Crippen MR) is 66.9 cm³/mol. The smallest absolute Gasteiger partial charge is 0.104 e. The van der Waals surface area contributed by atoms with Crippen LogP contribution in [0.2, 0.25) is 0 Å². The molecular formula is C14H24N+. The highest BCUT2D eigenvalue weighted by Crippen LogP contribution is 2.22. The number of rotatable bonds is 2. The van der Waals surface area contributed by atoms with Crippen molar-refractivity contribution in [2.24, 2.45) is 0 Å². The molecule has 0 heterocycles. The van der Waals surface area contributed by atoms with E-state index < -0.39 is 0 Å². The second kappa shape index (κ2) is 3.97. The average Bonchev–Trinajstić information content (AvgIpc) is 2.00. The van der Waals surface area contributed by atoms with Crippen LogP contribution >= 0.6 is 0 Å². The van der Waals surface area contributed by atoms with Gasteiger partial charge in [0.25, 0.3) is 0 Å². The number of nitrogens with zero attached hydrogens (tertiary/aromatic N) is 1. The zero-order valence-electron chi connectivity index (χ0n) is 11.0. The fourth-order valence-electron chi connectivity index (χ4n) is 1.66. The van der Waals surface area contributed by atoms with Crippen LogP contribution in [0.5, 0.6) is 0 Å². The summed E-state index contributed by atoms with van der Waals surface area (Å²) in [5.41, 5.74) is 3.08. The van der Waals surface area contributed by atoms with Gasteiger partial charge in [-0.2, -0.15) is 0 Å². The minimum absolute atomic E-state index is 0.259. The first-order valence-electron chi connectivity index (χ1n) is 5.58. The molecule has 0 aliphatic carbocycles. The third-order valence-corrected chi connectivity index (χ3v) is 2.48. The molecule has 0 fully saturated rings. The Labute approximate surface area is 94.3 Å². The lowest BCUT2D eigenvalue weighted by molar-refractivity contribution is -0.884. The quantitative estimate of drug-likeness (QED) is 0.652. The minimum Gasteiger partial charge on any atom is -0.327 e. The van der Waals surface area contributed by atoms with Crippen LogP contribution in [0.3, 0.4) is 0 Å². The Hall–Kier alpha value is -0.820. The molecule has 0 aliphatic rings. The second-order valence-electron chi connectivity index (χ2n) is 6.40. The third-order valence-electron chi connectivity index (χ3n) is 2.48. The molecular weight excluding hydrogens is 182 g/mol. The van der Waals surface area contributed by atoms with Gasteiger partial charge in [-0.05, 0) is 11.0 Å². The van der Waals surface area contributed by atoms with E-state index >= 15 is 0 Å². The average molecular weight is 206 g/mol. The molecule has 0 aliphatic heterocycles. The monoisotopic (exact) mass is 206 g/mol. The van der Waals surface area contributed by atoms with Crippen LogP contribution in [0.25, 0.3) is 0 Å². The Morgan fingerprint density at radius 2 is 1.40 bits per heavy atom. The predicted octanol–water partition coefficient (Wildman–Crippen LogP) is 3.19. The molecule has 84 valence electrons. The summed E-state index contributed by atoms with van der Waals surface area (Å²) in [5.74, 6) is 0. The van der Waals surface area contributed by atoms with E-state index in [-0.39, 0.29) is 5.41 Å². The fraction of sp³-hybridized carbons (Fsp3) is 0.571. The van der Waals surface area contributed by atoms with Gasteiger partial charge in [0.2, 0.25) is 0 Å². The molecule has 0 atom stereocenters. The standard InChI is InChI=1S/C14H24N/c1-14(2,3)13-9-7-12(8-10-13)11-15(4,5)6/h7-10H,11H2,1-6H3/q+1. The van der Waals surface area contributed by atoms with E-state index in [1.165, 1.54) is 11.1 Å². The van der Waals surface area contributed by atoms with Crippen LogP contribution < -0.4 is 0 Å². The summed E-state index contributed by atoms with van der Waals surface area (Å²) in [5, 5.41) is 0. The van der Waals surface area contributed by atoms with Crippen LogP contribution in [0.4, 0.5) is 0 Å². The molecule has 0 unspecified atom stereocenters. The van der Waals surface area contributed by atoms with Gasteiger partial charge in [0.1, 0.15) is 6.54 Å². The van der Waals surface area contributed by atoms with Crippen molar-refractivity contribution in [3.05, 3.63) is 35.4 Å². The first kappa shape index (κ1) is 12.3. The zero-order valence-corrected chi connectivity index (χ0v) is 11.0. The molecule has 0 aromatic heterocycles. The van der Waals surface area contributed by atoms with E-state index in [1.54, 1.807) is 0 Å². The van der Waals surface area contributed by atoms with E-state index in [0.29, 0.717) is 0 Å². The molecule has 0 N–H and O–H groups in total. The van der Waals surface area contributed by atoms with Gasteiger partial charge in [0.05, 0.1) is 21.1 Å². The van der Waals surface area contributed by atoms with Gasteiger partial charge >= 0.3 is 0 Å². The number of hydrogen-bond donors (Lipinski definition) is 0. The van der Waals surface area contributed by atoms with Gasteiger partial charge in [-0.25, -0.2) is 0 Å². The maximum atomic E-state index is 2.25. The van der Waals surface area contributed by atoms with Crippen LogP contribution in [0, 0.1) is 0 Å². The topological polar surface area (TPSA) is 0 Å². The van der Waals surface area contributed by atoms with Crippen LogP contribution in [-0.4, -0.2) is 25.6 Å². The number of quaternary nitrogens is 1. The minimum atomic E-state index is 0.259. The molecule has 0 saturated carbocycles. The van der Waals surface area contributed by atoms with Crippen molar-refractivity contribution in [3.8, 4) is 0 Å². The van der Waals surface area contributed by atoms with Gasteiger partial charge < -0.3 is 4.48 Å². The van der Waals surface area contributed by atoms with Crippen LogP contribution in [0.15, 0.2) is 24.3 Å². The van der Waals surface area contributed by atoms with Gasteiger partial charge in [-0.1, -0.05) is 45.0 Å². The van der Waals surface area contributed by atoms with Crippen molar-refractivity contribution in [1.82, 2.24) is 0 Å². The van der Waals surface area contributed by atoms with Crippen molar-refractivity contribution < 1.29 is 4.48 Å². The molecule has 1 aromatic carbocycles. The van der Waals surface area contributed by atoms with Crippen LogP contribution in [0.1, 0.15) is 31.9 Å². The van der Waals surface area contributed by atoms with E-state index in [2.05, 4.69) is 66.2 Å². The Kier molecular flexibility index (Phi) is 3.25. The van der Waals surface area contributed by atoms with Crippen LogP contribution in [-0.2, 0) is 12.0 Å². The summed E-state index contributed by atoms with van der Waals surface area (Å²) in [6.07, 6.45) is 0. The molecule has 15 heavy (non-hydrogen) atoms. The highest BCUT2D eigenvalue weighted by molar-refractivity contribution is 5.27. The third kappa shape index (κ3) is 4.05. The van der Waals surface area contributed by atoms with E-state index in [1.807, 2.05) is 0 Å². The normalized spacial score (nSPS) is 12.9. The zero-order chi connectivity index (χ0) is 11.7. The van der Waals surface area contributed by atoms with Gasteiger partial charge in [0, 0.05) is 5.56 Å². The highest BCUT2D eigenvalue weighted by Gasteiger charge is 2.14. The lowest BCUT2D eigenvalue weighted by Gasteiger charge is -2.24. The van der Waals surface area contributed by atoms with Crippen molar-refractivity contribution in [2.75, 3.05) is 21.1 Å². The summed E-state index contributed by atoms with van der Waals surface area (Å²) in [6.45, 7) is 7.84. The van der Waals surface area contributed by atoms with Gasteiger partial charge in [0.15, 0.2) is 0 Å². The Morgan fingerprint density at radius 1 is 0.933 bits per heavy atom. The van der Waals surface area contributed by atoms with Gasteiger partial charge in [-0.15, -0.1) is 0 Å². The molecule has 1 aromatic rings. The highest BCUT2D eigenvalue weighted by atomic mass is 15.3. The molecule has 0 spiro atoms. The number of hydrogen-bond acceptors (Lipinski definition) is 0. The van der Waals surface area contributed by atoms with E-state index in [0.717, 1.165) is 11.0 Å². The van der Waals surface area contributed by atoms with E-state index in [4.69, 9.17) is 0 Å². The Balaban J connectivity index is 2.82. The first-order chi connectivity index (χ1) is 6.68. The summed E-state index contributed by atoms with van der Waals surface area (Å²) in [6, 6.07) is 9.02. The maximum absolute atomic E-state index is 2.25. The van der Waals surface area contributed by atoms with Crippen molar-refractivity contribution >= 4 is 0 Å². The summed E-state index contributed by atoms with van der Waals surface area (Å²) >= 11 is 0. The molecule has 1 heteroatoms. The molecule has 1 nitrogen and oxygen atoms in total. The van der Waals surface area contributed by atoms with Crippen molar-refractivity contribution in [2.45, 2.75) is 32.7 Å². The lowest BCUT2D eigenvalue weighted by Crippen LogP contribution is -2.33. The molecule has 0 bridgehead atoms. The molecule has 0 saturated heterocycles. The van der Waals surface area contributed by atoms with E-state index in [9.17, 15) is 0 Å². The fourth-order valence-corrected chi connectivity index (χ4v) is 1.66. The van der Waals surface area contributed by atoms with Crippen molar-refractivity contribution in [1.29, 1.82) is 0 Å². The molecule has 1 rings (SSSR count). The largest absolute Gasteiger partial charge is 0.327 e. The second-order valence-corrected chi connectivity index (χ2v) is 6.40. The Bertz CT molecular complexity index is 309. The SMILES string of the molecule is CC(C)(C)c1ccc(C[N+](C)(C)C)cc1. The maximum Gasteiger partial charge on any atom is 0.104 e. The van der Waals surface area contributed by atoms with Crippen molar-refractivity contribution in [3.63, 3.8) is 0 Å². The summed E-state index contributed by atoms with van der Waals surface area (Å²) in [4.78, 5) is 0. The summed E-state index contributed by atoms with van der Waals surface area (Å²) < 4.78 is 0.981. The summed E-state index contributed by atoms with van der Waals surface area (Å²) in [7, 11) is 6.66. The number of benzene rings is 1. The Morgan fingerprint density at radius 3 is 1.73 bits per heavy atom. The first-order valence-corrected chi connectivity index (χ1v) is 5.58. The lowest BCUT2D eigenvalue weighted by atomic mass is 9.87. The molecule has 0 amide bonds. The van der Waals surface area contributed by atoms with Gasteiger partial charge in [-0.3, -0.25) is 0 Å². The molecule has 0 radical (unpaired) electrons.